The Morgan fingerprint density at radius 1 is 0.833 bits per heavy atom. The van der Waals surface area contributed by atoms with E-state index in [1.165, 1.54) is 31.7 Å². The molecule has 1 aromatic carbocycles. The Morgan fingerprint density at radius 3 is 1.63 bits per heavy atom. The fraction of sp³-hybridized carbons (Fsp3) is 0.143. The Balaban J connectivity index is 0. The molecule has 0 unspecified atom stereocenters. The summed E-state index contributed by atoms with van der Waals surface area (Å²) >= 11 is 4.64. The molecule has 0 aliphatic heterocycles. The van der Waals surface area contributed by atoms with Crippen molar-refractivity contribution in [3.63, 3.8) is 0 Å². The average molecular weight is 446 g/mol. The second-order valence-corrected chi connectivity index (χ2v) is 5.14. The number of alkyl halides is 4. The van der Waals surface area contributed by atoms with Gasteiger partial charge in [-0.2, -0.15) is 0 Å². The molecule has 0 heterocycles. The first-order valence-electron chi connectivity index (χ1n) is 8.13. The highest BCUT2D eigenvalue weighted by molar-refractivity contribution is 6.15. The van der Waals surface area contributed by atoms with Gasteiger partial charge in [0.15, 0.2) is 0 Å². The van der Waals surface area contributed by atoms with Gasteiger partial charge in [0, 0.05) is 29.9 Å². The first-order chi connectivity index (χ1) is 14.0. The van der Waals surface area contributed by atoms with Crippen LogP contribution in [0.25, 0.3) is 0 Å². The van der Waals surface area contributed by atoms with Crippen LogP contribution in [0.2, 0.25) is 0 Å². The van der Waals surface area contributed by atoms with Crippen molar-refractivity contribution in [2.75, 3.05) is 24.9 Å². The van der Waals surface area contributed by atoms with E-state index in [0.717, 1.165) is 6.08 Å². The maximum absolute atomic E-state index is 12.0. The van der Waals surface area contributed by atoms with Gasteiger partial charge in [-0.3, -0.25) is 0 Å². The van der Waals surface area contributed by atoms with Gasteiger partial charge in [0.2, 0.25) is 0 Å². The van der Waals surface area contributed by atoms with E-state index in [9.17, 15) is 13.2 Å². The van der Waals surface area contributed by atoms with Crippen molar-refractivity contribution in [1.82, 2.24) is 0 Å². The van der Waals surface area contributed by atoms with E-state index in [0.29, 0.717) is 28.3 Å². The molecular weight excluding hydrogens is 419 g/mol. The number of ether oxygens (including phenoxy) is 2. The molecule has 0 fully saturated rings. The number of hydrogen-bond donors (Lipinski definition) is 3. The lowest BCUT2D eigenvalue weighted by molar-refractivity contribution is -0.303. The van der Waals surface area contributed by atoms with E-state index >= 15 is 0 Å². The van der Waals surface area contributed by atoms with Gasteiger partial charge >= 0.3 is 6.36 Å². The van der Waals surface area contributed by atoms with Crippen LogP contribution < -0.4 is 21.9 Å². The van der Waals surface area contributed by atoms with E-state index in [2.05, 4.69) is 48.4 Å². The summed E-state index contributed by atoms with van der Waals surface area (Å²) in [5, 5.41) is 0. The van der Waals surface area contributed by atoms with Gasteiger partial charge in [-0.25, -0.2) is 0 Å². The van der Waals surface area contributed by atoms with Gasteiger partial charge in [-0.15, -0.1) is 24.8 Å². The maximum Gasteiger partial charge on any atom is 0.573 e. The Kier molecular flexibility index (Phi) is 14.4. The largest absolute Gasteiger partial charge is 0.573 e. The monoisotopic (exact) mass is 445 g/mol. The van der Waals surface area contributed by atoms with Crippen LogP contribution in [0.4, 0.5) is 24.5 Å². The van der Waals surface area contributed by atoms with Crippen LogP contribution >= 0.6 is 11.6 Å². The molecule has 1 aromatic rings. The number of anilines is 2. The second-order valence-electron chi connectivity index (χ2n) is 5.14. The topological polar surface area (TPSA) is 96.5 Å². The average Bonchev–Trinajstić information content (AvgIpc) is 2.65. The van der Waals surface area contributed by atoms with Crippen molar-refractivity contribution >= 4 is 23.0 Å². The van der Waals surface area contributed by atoms with Crippen LogP contribution in [0.15, 0.2) is 91.5 Å². The third-order valence-electron chi connectivity index (χ3n) is 2.80. The van der Waals surface area contributed by atoms with E-state index in [1.807, 2.05) is 0 Å². The summed E-state index contributed by atoms with van der Waals surface area (Å²) in [7, 11) is 1.50. The summed E-state index contributed by atoms with van der Waals surface area (Å²) in [6, 6.07) is 4.75. The Hall–Kier alpha value is -3.10. The zero-order chi connectivity index (χ0) is 23.9. The summed E-state index contributed by atoms with van der Waals surface area (Å²) in [5.41, 5.74) is 17.5. The Bertz CT molecular complexity index is 781. The summed E-state index contributed by atoms with van der Waals surface area (Å²) < 4.78 is 45.2. The van der Waals surface area contributed by atoms with Crippen molar-refractivity contribution < 1.29 is 22.6 Å². The number of nitrogens with two attached hydrogens (primary N) is 3. The van der Waals surface area contributed by atoms with E-state index in [4.69, 9.17) is 16.2 Å². The lowest BCUT2D eigenvalue weighted by Gasteiger charge is -2.08. The summed E-state index contributed by atoms with van der Waals surface area (Å²) in [5.74, 6) is 0.127. The van der Waals surface area contributed by atoms with Crippen molar-refractivity contribution in [3.8, 4) is 5.75 Å². The molecule has 0 spiro atoms. The quantitative estimate of drug-likeness (QED) is 0.214. The molecule has 0 bridgehead atoms. The first kappa shape index (κ1) is 29.1. The van der Waals surface area contributed by atoms with Gasteiger partial charge in [-0.05, 0) is 36.4 Å². The van der Waals surface area contributed by atoms with Crippen LogP contribution in [0.5, 0.6) is 5.75 Å². The number of allylic oxidation sites excluding steroid dienone is 6. The number of rotatable bonds is 8. The normalized spacial score (nSPS) is 10.4. The second kappa shape index (κ2) is 14.8. The first-order valence-corrected chi connectivity index (χ1v) is 8.89. The smallest absolute Gasteiger partial charge is 0.458 e. The minimum Gasteiger partial charge on any atom is -0.458 e. The van der Waals surface area contributed by atoms with Crippen LogP contribution in [0, 0.1) is 0 Å². The SMILES string of the molecule is C=C(/C=C\C(=C)C(=C)/C=C\C(=C)OC(F)(F)F)Oc1cc(N)cc(N)c1.CCl.CN. The van der Waals surface area contributed by atoms with Crippen LogP contribution in [-0.2, 0) is 4.74 Å². The molecule has 0 atom stereocenters. The van der Waals surface area contributed by atoms with Gasteiger partial charge in [0.25, 0.3) is 0 Å². The zero-order valence-corrected chi connectivity index (χ0v) is 17.7. The van der Waals surface area contributed by atoms with E-state index in [-0.39, 0.29) is 5.76 Å². The standard InChI is InChI=1S/C19H19F3N2O2.CH3Cl.CH5N/c1-12(13(2)6-8-15(4)26-19(20,21)22)5-7-14(3)25-18-10-16(23)9-17(24)11-18;2*1-2/h5-11H,1-4,23-24H2;1H3;2H2,1H3/b7-5-,8-6-;;. The third kappa shape index (κ3) is 14.0. The fourth-order valence-corrected chi connectivity index (χ4v) is 1.67. The molecule has 0 saturated heterocycles. The number of hydrogen-bond acceptors (Lipinski definition) is 5. The minimum absolute atomic E-state index is 0.276. The molecular formula is C21H27ClF3N3O2. The minimum atomic E-state index is -4.79. The highest BCUT2D eigenvalue weighted by Gasteiger charge is 2.30. The van der Waals surface area contributed by atoms with Gasteiger partial charge < -0.3 is 26.7 Å². The molecule has 6 N–H and O–H groups in total. The lowest BCUT2D eigenvalue weighted by atomic mass is 10.1. The number of benzene rings is 1. The van der Waals surface area contributed by atoms with Gasteiger partial charge in [-0.1, -0.05) is 38.5 Å². The number of nitrogen functional groups attached to an aromatic ring is 2. The van der Waals surface area contributed by atoms with Crippen molar-refractivity contribution in [2.24, 2.45) is 5.73 Å². The van der Waals surface area contributed by atoms with E-state index in [1.54, 1.807) is 18.2 Å². The lowest BCUT2D eigenvalue weighted by Crippen LogP contribution is -2.11. The highest BCUT2D eigenvalue weighted by Crippen LogP contribution is 2.23. The summed E-state index contributed by atoms with van der Waals surface area (Å²) in [4.78, 5) is 0. The molecule has 0 aliphatic rings. The van der Waals surface area contributed by atoms with Crippen LogP contribution in [0.1, 0.15) is 0 Å². The van der Waals surface area contributed by atoms with E-state index < -0.39 is 12.1 Å². The van der Waals surface area contributed by atoms with Crippen molar-refractivity contribution in [1.29, 1.82) is 0 Å². The van der Waals surface area contributed by atoms with Crippen molar-refractivity contribution in [3.05, 3.63) is 91.5 Å². The fourth-order valence-electron chi connectivity index (χ4n) is 1.67. The highest BCUT2D eigenvalue weighted by atomic mass is 35.5. The molecule has 0 aliphatic carbocycles. The molecule has 0 aromatic heterocycles. The molecule has 5 nitrogen and oxygen atoms in total. The van der Waals surface area contributed by atoms with Crippen LogP contribution in [-0.4, -0.2) is 19.8 Å². The summed E-state index contributed by atoms with van der Waals surface area (Å²) in [6.45, 7) is 14.3. The van der Waals surface area contributed by atoms with Gasteiger partial charge in [0.1, 0.15) is 17.3 Å². The molecule has 0 amide bonds. The molecule has 30 heavy (non-hydrogen) atoms. The third-order valence-corrected chi connectivity index (χ3v) is 2.80. The predicted octanol–water partition coefficient (Wildman–Crippen LogP) is 5.45. The summed E-state index contributed by atoms with van der Waals surface area (Å²) in [6.07, 6.45) is 2.07. The number of halogens is 4. The predicted molar refractivity (Wildman–Crippen MR) is 120 cm³/mol. The van der Waals surface area contributed by atoms with Crippen LogP contribution in [0.3, 0.4) is 0 Å². The van der Waals surface area contributed by atoms with Crippen molar-refractivity contribution in [2.45, 2.75) is 6.36 Å². The van der Waals surface area contributed by atoms with Gasteiger partial charge in [0.05, 0.1) is 0 Å². The Labute approximate surface area is 180 Å². The molecule has 1 rings (SSSR count). The Morgan fingerprint density at radius 2 is 1.23 bits per heavy atom. The zero-order valence-electron chi connectivity index (χ0n) is 16.9. The molecule has 0 saturated carbocycles. The maximum atomic E-state index is 12.0. The molecule has 0 radical (unpaired) electrons. The molecule has 166 valence electrons. The molecule has 9 heteroatoms.